The Morgan fingerprint density at radius 1 is 1.00 bits per heavy atom. The molecule has 7 heteroatoms. The lowest BCUT2D eigenvalue weighted by molar-refractivity contribution is 0.926. The Kier molecular flexibility index (Phi) is 3.99. The molecule has 0 aliphatic carbocycles. The van der Waals surface area contributed by atoms with Crippen molar-refractivity contribution in [1.82, 2.24) is 25.1 Å². The van der Waals surface area contributed by atoms with Crippen molar-refractivity contribution < 1.29 is 0 Å². The predicted octanol–water partition coefficient (Wildman–Crippen LogP) is 4.28. The number of imidazole rings is 1. The number of aromatic nitrogens is 5. The highest BCUT2D eigenvalue weighted by Gasteiger charge is 2.08. The number of nitrogens with one attached hydrogen (secondary N) is 2. The third-order valence-electron chi connectivity index (χ3n) is 4.39. The van der Waals surface area contributed by atoms with Gasteiger partial charge in [0.15, 0.2) is 0 Å². The van der Waals surface area contributed by atoms with Crippen molar-refractivity contribution in [1.29, 1.82) is 0 Å². The van der Waals surface area contributed by atoms with Crippen molar-refractivity contribution in [2.75, 3.05) is 11.9 Å². The highest BCUT2D eigenvalue weighted by Crippen LogP contribution is 2.28. The molecule has 0 amide bonds. The van der Waals surface area contributed by atoms with E-state index in [9.17, 15) is 0 Å². The minimum Gasteiger partial charge on any atom is -0.360 e. The largest absolute Gasteiger partial charge is 0.360 e. The average Bonchev–Trinajstić information content (AvgIpc) is 3.34. The van der Waals surface area contributed by atoms with Gasteiger partial charge in [-0.25, -0.2) is 4.98 Å². The van der Waals surface area contributed by atoms with E-state index in [2.05, 4.69) is 48.7 Å². The Bertz CT molecular complexity index is 1190. The molecule has 0 saturated carbocycles. The molecule has 3 aromatic heterocycles. The van der Waals surface area contributed by atoms with E-state index in [0.29, 0.717) is 0 Å². The molecule has 0 spiro atoms. The quantitative estimate of drug-likeness (QED) is 0.481. The van der Waals surface area contributed by atoms with Gasteiger partial charge in [0.05, 0.1) is 11.0 Å². The van der Waals surface area contributed by atoms with E-state index in [1.165, 1.54) is 0 Å². The third-order valence-corrected chi connectivity index (χ3v) is 5.32. The van der Waals surface area contributed by atoms with Crippen LogP contribution in [0.1, 0.15) is 5.82 Å². The van der Waals surface area contributed by atoms with Crippen molar-refractivity contribution in [3.8, 4) is 10.6 Å². The van der Waals surface area contributed by atoms with Crippen LogP contribution in [0.2, 0.25) is 0 Å². The van der Waals surface area contributed by atoms with Crippen molar-refractivity contribution in [3.63, 3.8) is 0 Å². The van der Waals surface area contributed by atoms with E-state index >= 15 is 0 Å². The van der Waals surface area contributed by atoms with Crippen LogP contribution in [0.5, 0.6) is 0 Å². The Balaban J connectivity index is 1.27. The first kappa shape index (κ1) is 15.9. The summed E-state index contributed by atoms with van der Waals surface area (Å²) in [4.78, 5) is 12.1. The number of pyridine rings is 1. The number of hydrogen-bond acceptors (Lipinski definition) is 6. The normalized spacial score (nSPS) is 11.3. The lowest BCUT2D eigenvalue weighted by atomic mass is 10.1. The minimum atomic E-state index is 0.748. The van der Waals surface area contributed by atoms with Gasteiger partial charge >= 0.3 is 0 Å². The lowest BCUT2D eigenvalue weighted by Gasteiger charge is -2.00. The van der Waals surface area contributed by atoms with Gasteiger partial charge in [0.1, 0.15) is 10.8 Å². The second kappa shape index (κ2) is 6.77. The van der Waals surface area contributed by atoms with Crippen LogP contribution in [-0.2, 0) is 6.42 Å². The molecular formula is C20H16N6S. The second-order valence-corrected chi connectivity index (χ2v) is 7.20. The molecule has 0 radical (unpaired) electrons. The monoisotopic (exact) mass is 372 g/mol. The molecule has 0 fully saturated rings. The Morgan fingerprint density at radius 3 is 2.93 bits per heavy atom. The molecule has 0 aliphatic heterocycles. The second-order valence-electron chi connectivity index (χ2n) is 6.23. The summed E-state index contributed by atoms with van der Waals surface area (Å²) in [5.41, 5.74) is 3.13. The standard InChI is InChI=1S/C20H16N6S/c1-2-4-17-16(3-1)23-18(24-17)8-10-22-20-26-25-19(27-20)14-5-6-15-12-21-9-7-13(15)11-14/h1-7,9,11-12H,8,10H2,(H,22,26)(H,23,24). The predicted molar refractivity (Wildman–Crippen MR) is 109 cm³/mol. The smallest absolute Gasteiger partial charge is 0.206 e. The van der Waals surface area contributed by atoms with E-state index in [4.69, 9.17) is 0 Å². The number of anilines is 1. The molecule has 0 bridgehead atoms. The first-order valence-corrected chi connectivity index (χ1v) is 9.52. The number of H-pyrrole nitrogens is 1. The maximum absolute atomic E-state index is 4.59. The molecule has 6 nitrogen and oxygen atoms in total. The van der Waals surface area contributed by atoms with Gasteiger partial charge in [0.25, 0.3) is 0 Å². The molecule has 2 N–H and O–H groups in total. The molecule has 132 valence electrons. The van der Waals surface area contributed by atoms with Crippen molar-refractivity contribution in [2.24, 2.45) is 0 Å². The van der Waals surface area contributed by atoms with Gasteiger partial charge in [-0.05, 0) is 29.7 Å². The molecular weight excluding hydrogens is 356 g/mol. The molecule has 0 unspecified atom stereocenters. The van der Waals surface area contributed by atoms with Crippen molar-refractivity contribution in [2.45, 2.75) is 6.42 Å². The zero-order valence-electron chi connectivity index (χ0n) is 14.4. The number of nitrogens with zero attached hydrogens (tertiary/aromatic N) is 4. The van der Waals surface area contributed by atoms with Crippen LogP contribution in [-0.4, -0.2) is 31.7 Å². The SMILES string of the molecule is c1ccc2[nH]c(CCNc3nnc(-c4ccc5cnccc5c4)s3)nc2c1. The highest BCUT2D eigenvalue weighted by molar-refractivity contribution is 7.18. The van der Waals surface area contributed by atoms with Gasteiger partial charge in [-0.15, -0.1) is 10.2 Å². The maximum Gasteiger partial charge on any atom is 0.206 e. The fourth-order valence-corrected chi connectivity index (χ4v) is 3.81. The van der Waals surface area contributed by atoms with Gasteiger partial charge < -0.3 is 10.3 Å². The summed E-state index contributed by atoms with van der Waals surface area (Å²) in [5, 5.41) is 15.9. The summed E-state index contributed by atoms with van der Waals surface area (Å²) in [5.74, 6) is 0.969. The summed E-state index contributed by atoms with van der Waals surface area (Å²) in [6, 6.07) is 16.3. The summed E-state index contributed by atoms with van der Waals surface area (Å²) in [7, 11) is 0. The molecule has 0 saturated heterocycles. The van der Waals surface area contributed by atoms with Crippen LogP contribution in [0, 0.1) is 0 Å². The van der Waals surface area contributed by atoms with E-state index in [1.54, 1.807) is 17.5 Å². The van der Waals surface area contributed by atoms with E-state index < -0.39 is 0 Å². The van der Waals surface area contributed by atoms with E-state index in [0.717, 1.165) is 56.3 Å². The molecule has 0 atom stereocenters. The first-order valence-electron chi connectivity index (χ1n) is 8.70. The van der Waals surface area contributed by atoms with E-state index in [-0.39, 0.29) is 0 Å². The molecule has 27 heavy (non-hydrogen) atoms. The summed E-state index contributed by atoms with van der Waals surface area (Å²) in [6.45, 7) is 0.748. The topological polar surface area (TPSA) is 79.4 Å². The molecule has 5 aromatic rings. The van der Waals surface area contributed by atoms with Crippen LogP contribution >= 0.6 is 11.3 Å². The number of aromatic amines is 1. The summed E-state index contributed by atoms with van der Waals surface area (Å²) < 4.78 is 0. The van der Waals surface area contributed by atoms with E-state index in [1.807, 2.05) is 36.5 Å². The van der Waals surface area contributed by atoms with Gasteiger partial charge in [0.2, 0.25) is 5.13 Å². The third kappa shape index (κ3) is 3.24. The van der Waals surface area contributed by atoms with Gasteiger partial charge in [-0.2, -0.15) is 0 Å². The maximum atomic E-state index is 4.59. The van der Waals surface area contributed by atoms with Crippen molar-refractivity contribution >= 4 is 38.3 Å². The van der Waals surface area contributed by atoms with Gasteiger partial charge in [-0.1, -0.05) is 35.6 Å². The zero-order chi connectivity index (χ0) is 18.1. The van der Waals surface area contributed by atoms with Crippen LogP contribution in [0.15, 0.2) is 60.9 Å². The molecule has 0 aliphatic rings. The van der Waals surface area contributed by atoms with Gasteiger partial charge in [-0.3, -0.25) is 4.98 Å². The number of fused-ring (bicyclic) bond motifs is 2. The number of hydrogen-bond donors (Lipinski definition) is 2. The number of benzene rings is 2. The first-order chi connectivity index (χ1) is 13.3. The van der Waals surface area contributed by atoms with Crippen LogP contribution in [0.3, 0.4) is 0 Å². The summed E-state index contributed by atoms with van der Waals surface area (Å²) in [6.07, 6.45) is 4.47. The molecule has 3 heterocycles. The Morgan fingerprint density at radius 2 is 1.96 bits per heavy atom. The average molecular weight is 372 g/mol. The fraction of sp³-hybridized carbons (Fsp3) is 0.100. The lowest BCUT2D eigenvalue weighted by Crippen LogP contribution is -2.05. The van der Waals surface area contributed by atoms with Crippen LogP contribution < -0.4 is 5.32 Å². The van der Waals surface area contributed by atoms with Crippen molar-refractivity contribution in [3.05, 3.63) is 66.7 Å². The minimum absolute atomic E-state index is 0.748. The van der Waals surface area contributed by atoms with Gasteiger partial charge in [0, 0.05) is 36.3 Å². The number of para-hydroxylation sites is 2. The Hall–Kier alpha value is -3.32. The van der Waals surface area contributed by atoms with Crippen LogP contribution in [0.4, 0.5) is 5.13 Å². The molecule has 2 aromatic carbocycles. The fourth-order valence-electron chi connectivity index (χ4n) is 3.04. The van der Waals surface area contributed by atoms with Crippen LogP contribution in [0.25, 0.3) is 32.4 Å². The molecule has 5 rings (SSSR count). The highest BCUT2D eigenvalue weighted by atomic mass is 32.1. The summed E-state index contributed by atoms with van der Waals surface area (Å²) >= 11 is 1.56. The zero-order valence-corrected chi connectivity index (χ0v) is 15.2. The number of rotatable bonds is 5. The Labute approximate surface area is 159 Å².